The molecule has 1 heterocycles. The maximum atomic E-state index is 13.6. The Bertz CT molecular complexity index is 559. The lowest BCUT2D eigenvalue weighted by Crippen LogP contribution is -2.46. The van der Waals surface area contributed by atoms with Gasteiger partial charge in [0.05, 0.1) is 0 Å². The van der Waals surface area contributed by atoms with Crippen molar-refractivity contribution in [3.05, 3.63) is 35.4 Å². The van der Waals surface area contributed by atoms with Crippen LogP contribution >= 0.6 is 12.6 Å². The van der Waals surface area contributed by atoms with Gasteiger partial charge in [-0.25, -0.2) is 13.6 Å². The fraction of sp³-hybridized carbons (Fsp3) is 0.588. The minimum absolute atomic E-state index is 0.00532. The third kappa shape index (κ3) is 5.34. The predicted molar refractivity (Wildman–Crippen MR) is 94.3 cm³/mol. The van der Waals surface area contributed by atoms with Crippen molar-refractivity contribution in [3.63, 3.8) is 0 Å². The van der Waals surface area contributed by atoms with Crippen molar-refractivity contribution in [3.8, 4) is 0 Å². The number of nitrogens with one attached hydrogen (secondary N) is 2. The Hall–Kier alpha value is -1.34. The number of hydrogen-bond acceptors (Lipinski definition) is 3. The molecule has 7 heteroatoms. The third-order valence-corrected chi connectivity index (χ3v) is 4.54. The number of carbonyl (C=O) groups is 1. The quantitative estimate of drug-likeness (QED) is 0.519. The Morgan fingerprint density at radius 1 is 1.42 bits per heavy atom. The van der Waals surface area contributed by atoms with Gasteiger partial charge in [-0.3, -0.25) is 0 Å². The van der Waals surface area contributed by atoms with Gasteiger partial charge in [0.15, 0.2) is 0 Å². The van der Waals surface area contributed by atoms with Crippen molar-refractivity contribution in [2.24, 2.45) is 0 Å². The highest BCUT2D eigenvalue weighted by molar-refractivity contribution is 7.81. The van der Waals surface area contributed by atoms with E-state index in [2.05, 4.69) is 30.2 Å². The fourth-order valence-corrected chi connectivity index (χ4v) is 3.28. The Kier molecular flexibility index (Phi) is 7.30. The molecule has 0 unspecified atom stereocenters. The molecule has 1 aromatic rings. The summed E-state index contributed by atoms with van der Waals surface area (Å²) in [5.74, 6) is -0.891. The summed E-state index contributed by atoms with van der Waals surface area (Å²) in [5.41, 5.74) is 0.286. The number of nitrogens with zero attached hydrogens (tertiary/aromatic N) is 1. The van der Waals surface area contributed by atoms with E-state index in [-0.39, 0.29) is 29.4 Å². The lowest BCUT2D eigenvalue weighted by atomic mass is 10.2. The van der Waals surface area contributed by atoms with Gasteiger partial charge < -0.3 is 15.5 Å². The van der Waals surface area contributed by atoms with Gasteiger partial charge >= 0.3 is 6.03 Å². The molecule has 1 aromatic carbocycles. The standard InChI is InChI=1S/C17H25F2N3OS/c1-2-3-6-21-17(23)22-11-15(24)8-14(22)10-20-9-12-7-13(18)4-5-16(12)19/h4-5,7,14-15,20,24H,2-3,6,8-11H2,1H3,(H,21,23)/t14-,15+/m0/s1. The van der Waals surface area contributed by atoms with Crippen molar-refractivity contribution in [2.45, 2.75) is 44.0 Å². The first-order valence-corrected chi connectivity index (χ1v) is 8.90. The van der Waals surface area contributed by atoms with E-state index in [1.807, 2.05) is 0 Å². The van der Waals surface area contributed by atoms with Crippen LogP contribution in [0.5, 0.6) is 0 Å². The maximum Gasteiger partial charge on any atom is 0.317 e. The van der Waals surface area contributed by atoms with Crippen LogP contribution in [0, 0.1) is 11.6 Å². The second-order valence-electron chi connectivity index (χ2n) is 6.15. The van der Waals surface area contributed by atoms with Crippen molar-refractivity contribution in [1.82, 2.24) is 15.5 Å². The Morgan fingerprint density at radius 3 is 2.96 bits per heavy atom. The first-order chi connectivity index (χ1) is 11.5. The molecule has 24 heavy (non-hydrogen) atoms. The fourth-order valence-electron chi connectivity index (χ4n) is 2.86. The van der Waals surface area contributed by atoms with Crippen LogP contribution in [0.3, 0.4) is 0 Å². The second-order valence-corrected chi connectivity index (χ2v) is 6.88. The Balaban J connectivity index is 1.85. The van der Waals surface area contributed by atoms with Crippen LogP contribution in [0.2, 0.25) is 0 Å². The molecule has 2 rings (SSSR count). The number of rotatable bonds is 7. The van der Waals surface area contributed by atoms with Gasteiger partial charge in [0.1, 0.15) is 11.6 Å². The predicted octanol–water partition coefficient (Wildman–Crippen LogP) is 2.94. The number of benzene rings is 1. The lowest BCUT2D eigenvalue weighted by Gasteiger charge is -2.25. The zero-order valence-corrected chi connectivity index (χ0v) is 14.8. The summed E-state index contributed by atoms with van der Waals surface area (Å²) in [6, 6.07) is 3.34. The molecule has 2 amide bonds. The van der Waals surface area contributed by atoms with Crippen LogP contribution in [0.25, 0.3) is 0 Å². The number of amides is 2. The van der Waals surface area contributed by atoms with Crippen LogP contribution in [0.1, 0.15) is 31.7 Å². The van der Waals surface area contributed by atoms with Crippen molar-refractivity contribution >= 4 is 18.7 Å². The van der Waals surface area contributed by atoms with E-state index < -0.39 is 11.6 Å². The molecule has 2 atom stereocenters. The molecule has 0 aromatic heterocycles. The number of hydrogen-bond donors (Lipinski definition) is 3. The molecule has 1 saturated heterocycles. The molecular weight excluding hydrogens is 332 g/mol. The smallest absolute Gasteiger partial charge is 0.317 e. The molecule has 1 fully saturated rings. The lowest BCUT2D eigenvalue weighted by molar-refractivity contribution is 0.191. The van der Waals surface area contributed by atoms with E-state index in [1.54, 1.807) is 4.90 Å². The van der Waals surface area contributed by atoms with Crippen LogP contribution in [0.4, 0.5) is 13.6 Å². The molecule has 0 spiro atoms. The highest BCUT2D eigenvalue weighted by Gasteiger charge is 2.33. The minimum atomic E-state index is -0.457. The monoisotopic (exact) mass is 357 g/mol. The average Bonchev–Trinajstić information content (AvgIpc) is 2.92. The topological polar surface area (TPSA) is 44.4 Å². The van der Waals surface area contributed by atoms with Gasteiger partial charge in [0, 0.05) is 43.0 Å². The number of urea groups is 1. The van der Waals surface area contributed by atoms with E-state index >= 15 is 0 Å². The molecule has 134 valence electrons. The SMILES string of the molecule is CCCCNC(=O)N1C[C@H](S)C[C@H]1CNCc1cc(F)ccc1F. The van der Waals surface area contributed by atoms with E-state index in [9.17, 15) is 13.6 Å². The highest BCUT2D eigenvalue weighted by Crippen LogP contribution is 2.21. The van der Waals surface area contributed by atoms with Crippen LogP contribution < -0.4 is 10.6 Å². The van der Waals surface area contributed by atoms with Gasteiger partial charge in [0.2, 0.25) is 0 Å². The first kappa shape index (κ1) is 19.0. The second kappa shape index (κ2) is 9.22. The molecule has 0 aliphatic carbocycles. The zero-order chi connectivity index (χ0) is 17.5. The third-order valence-electron chi connectivity index (χ3n) is 4.16. The summed E-state index contributed by atoms with van der Waals surface area (Å²) < 4.78 is 26.8. The molecule has 1 aliphatic rings. The van der Waals surface area contributed by atoms with Gasteiger partial charge in [-0.2, -0.15) is 12.6 Å². The zero-order valence-electron chi connectivity index (χ0n) is 13.9. The van der Waals surface area contributed by atoms with Gasteiger partial charge in [-0.05, 0) is 31.0 Å². The summed E-state index contributed by atoms with van der Waals surface area (Å²) in [7, 11) is 0. The van der Waals surface area contributed by atoms with Crippen LogP contribution in [-0.2, 0) is 6.54 Å². The van der Waals surface area contributed by atoms with E-state index in [0.717, 1.165) is 31.4 Å². The normalized spacial score (nSPS) is 20.4. The number of halogens is 2. The average molecular weight is 357 g/mol. The highest BCUT2D eigenvalue weighted by atomic mass is 32.1. The maximum absolute atomic E-state index is 13.6. The summed E-state index contributed by atoms with van der Waals surface area (Å²) in [5, 5.41) is 6.18. The Morgan fingerprint density at radius 2 is 2.21 bits per heavy atom. The van der Waals surface area contributed by atoms with Gasteiger partial charge in [-0.15, -0.1) is 0 Å². The van der Waals surface area contributed by atoms with E-state index in [1.165, 1.54) is 6.07 Å². The van der Waals surface area contributed by atoms with Crippen molar-refractivity contribution in [1.29, 1.82) is 0 Å². The molecule has 1 aliphatic heterocycles. The molecule has 0 bridgehead atoms. The largest absolute Gasteiger partial charge is 0.338 e. The molecule has 2 N–H and O–H groups in total. The molecule has 0 radical (unpaired) electrons. The molecule has 4 nitrogen and oxygen atoms in total. The number of likely N-dealkylation sites (tertiary alicyclic amines) is 1. The number of carbonyl (C=O) groups excluding carboxylic acids is 1. The van der Waals surface area contributed by atoms with Crippen LogP contribution in [0.15, 0.2) is 18.2 Å². The van der Waals surface area contributed by atoms with E-state index in [0.29, 0.717) is 19.6 Å². The minimum Gasteiger partial charge on any atom is -0.338 e. The molecular formula is C17H25F2N3OS. The van der Waals surface area contributed by atoms with Gasteiger partial charge in [0.25, 0.3) is 0 Å². The van der Waals surface area contributed by atoms with Crippen LogP contribution in [-0.4, -0.2) is 41.9 Å². The van der Waals surface area contributed by atoms with Gasteiger partial charge in [-0.1, -0.05) is 13.3 Å². The summed E-state index contributed by atoms with van der Waals surface area (Å²) in [6.07, 6.45) is 2.76. The van der Waals surface area contributed by atoms with Crippen molar-refractivity contribution in [2.75, 3.05) is 19.6 Å². The van der Waals surface area contributed by atoms with E-state index in [4.69, 9.17) is 0 Å². The summed E-state index contributed by atoms with van der Waals surface area (Å²) in [6.45, 7) is 4.08. The Labute approximate surface area is 147 Å². The number of thiol groups is 1. The number of unbranched alkanes of at least 4 members (excludes halogenated alkanes) is 1. The summed E-state index contributed by atoms with van der Waals surface area (Å²) in [4.78, 5) is 14.0. The first-order valence-electron chi connectivity index (χ1n) is 8.38. The summed E-state index contributed by atoms with van der Waals surface area (Å²) >= 11 is 4.48. The molecule has 0 saturated carbocycles. The van der Waals surface area contributed by atoms with Crippen molar-refractivity contribution < 1.29 is 13.6 Å².